The van der Waals surface area contributed by atoms with E-state index in [1.54, 1.807) is 7.11 Å². The molecule has 0 amide bonds. The molecule has 0 N–H and O–H groups in total. The molecule has 0 aliphatic rings. The molecular weight excluding hydrogens is 236 g/mol. The number of fused-ring (bicyclic) bond motifs is 1. The topological polar surface area (TPSA) is 26.3 Å². The van der Waals surface area contributed by atoms with Gasteiger partial charge in [-0.1, -0.05) is 39.0 Å². The Morgan fingerprint density at radius 2 is 1.63 bits per heavy atom. The molecular formula is C17H20O2. The molecule has 1 unspecified atom stereocenters. The molecule has 2 aromatic carbocycles. The number of rotatable bonds is 4. The third-order valence-electron chi connectivity index (χ3n) is 3.75. The van der Waals surface area contributed by atoms with Crippen LogP contribution in [0.2, 0.25) is 0 Å². The molecule has 0 radical (unpaired) electrons. The zero-order valence-corrected chi connectivity index (χ0v) is 11.9. The largest absolute Gasteiger partial charge is 0.497 e. The molecule has 0 saturated carbocycles. The molecule has 100 valence electrons. The second kappa shape index (κ2) is 5.43. The van der Waals surface area contributed by atoms with Gasteiger partial charge in [0, 0.05) is 11.5 Å². The highest BCUT2D eigenvalue weighted by atomic mass is 16.5. The number of benzene rings is 2. The van der Waals surface area contributed by atoms with Crippen LogP contribution in [0.25, 0.3) is 10.8 Å². The molecule has 0 bridgehead atoms. The van der Waals surface area contributed by atoms with Gasteiger partial charge in [-0.05, 0) is 34.9 Å². The van der Waals surface area contributed by atoms with Crippen LogP contribution in [0.5, 0.6) is 5.75 Å². The first-order chi connectivity index (χ1) is 9.02. The Kier molecular flexibility index (Phi) is 3.89. The summed E-state index contributed by atoms with van der Waals surface area (Å²) in [4.78, 5) is 12.3. The van der Waals surface area contributed by atoms with Gasteiger partial charge in [0.1, 0.15) is 5.75 Å². The molecule has 0 spiro atoms. The molecule has 0 fully saturated rings. The summed E-state index contributed by atoms with van der Waals surface area (Å²) >= 11 is 0. The summed E-state index contributed by atoms with van der Waals surface area (Å²) < 4.78 is 5.20. The minimum Gasteiger partial charge on any atom is -0.497 e. The highest BCUT2D eigenvalue weighted by Crippen LogP contribution is 2.24. The number of carbonyl (C=O) groups excluding carboxylic acids is 1. The second-order valence-corrected chi connectivity index (χ2v) is 5.32. The summed E-state index contributed by atoms with van der Waals surface area (Å²) in [6, 6.07) is 11.8. The lowest BCUT2D eigenvalue weighted by Crippen LogP contribution is -2.16. The summed E-state index contributed by atoms with van der Waals surface area (Å²) in [6.45, 7) is 6.15. The highest BCUT2D eigenvalue weighted by Gasteiger charge is 2.18. The van der Waals surface area contributed by atoms with E-state index in [0.717, 1.165) is 22.1 Å². The predicted octanol–water partition coefficient (Wildman–Crippen LogP) is 4.32. The number of methoxy groups -OCH3 is 1. The standard InChI is InChI=1S/C17H20O2/c1-11(2)12(3)17(18)15-6-5-14-10-16(19-4)8-7-13(14)9-15/h5-12H,1-4H3. The molecule has 0 saturated heterocycles. The Labute approximate surface area is 114 Å². The molecule has 2 heteroatoms. The normalized spacial score (nSPS) is 12.7. The molecule has 2 nitrogen and oxygen atoms in total. The number of ether oxygens (including phenoxy) is 1. The van der Waals surface area contributed by atoms with E-state index in [2.05, 4.69) is 13.8 Å². The highest BCUT2D eigenvalue weighted by molar-refractivity contribution is 6.01. The fourth-order valence-electron chi connectivity index (χ4n) is 2.07. The van der Waals surface area contributed by atoms with Crippen LogP contribution in [0.15, 0.2) is 36.4 Å². The Bertz CT molecular complexity index is 599. The first-order valence-corrected chi connectivity index (χ1v) is 6.65. The number of hydrogen-bond donors (Lipinski definition) is 0. The Morgan fingerprint density at radius 3 is 2.26 bits per heavy atom. The summed E-state index contributed by atoms with van der Waals surface area (Å²) in [5, 5.41) is 2.16. The van der Waals surface area contributed by atoms with Gasteiger partial charge in [0.05, 0.1) is 7.11 Å². The third kappa shape index (κ3) is 2.78. The number of ketones is 1. The van der Waals surface area contributed by atoms with Crippen molar-refractivity contribution in [1.29, 1.82) is 0 Å². The maximum atomic E-state index is 12.3. The van der Waals surface area contributed by atoms with Crippen molar-refractivity contribution in [3.63, 3.8) is 0 Å². The summed E-state index contributed by atoms with van der Waals surface area (Å²) in [5.74, 6) is 1.46. The minimum absolute atomic E-state index is 0.0516. The summed E-state index contributed by atoms with van der Waals surface area (Å²) in [6.07, 6.45) is 0. The van der Waals surface area contributed by atoms with E-state index in [1.165, 1.54) is 0 Å². The van der Waals surface area contributed by atoms with Crippen molar-refractivity contribution in [2.45, 2.75) is 20.8 Å². The van der Waals surface area contributed by atoms with E-state index < -0.39 is 0 Å². The predicted molar refractivity (Wildman–Crippen MR) is 78.8 cm³/mol. The third-order valence-corrected chi connectivity index (χ3v) is 3.75. The van der Waals surface area contributed by atoms with E-state index >= 15 is 0 Å². The van der Waals surface area contributed by atoms with Crippen LogP contribution in [0.1, 0.15) is 31.1 Å². The Balaban J connectivity index is 2.39. The van der Waals surface area contributed by atoms with Gasteiger partial charge in [-0.25, -0.2) is 0 Å². The van der Waals surface area contributed by atoms with Gasteiger partial charge in [-0.15, -0.1) is 0 Å². The number of carbonyl (C=O) groups is 1. The van der Waals surface area contributed by atoms with E-state index in [9.17, 15) is 4.79 Å². The first-order valence-electron chi connectivity index (χ1n) is 6.65. The molecule has 0 aromatic heterocycles. The van der Waals surface area contributed by atoms with Crippen LogP contribution in [0.4, 0.5) is 0 Å². The van der Waals surface area contributed by atoms with E-state index in [1.807, 2.05) is 43.3 Å². The zero-order chi connectivity index (χ0) is 14.0. The average Bonchev–Trinajstić information content (AvgIpc) is 2.44. The lowest BCUT2D eigenvalue weighted by atomic mass is 9.89. The van der Waals surface area contributed by atoms with Crippen molar-refractivity contribution in [2.75, 3.05) is 7.11 Å². The molecule has 2 aromatic rings. The average molecular weight is 256 g/mol. The van der Waals surface area contributed by atoms with E-state index in [4.69, 9.17) is 4.74 Å². The van der Waals surface area contributed by atoms with Crippen LogP contribution >= 0.6 is 0 Å². The quantitative estimate of drug-likeness (QED) is 0.761. The van der Waals surface area contributed by atoms with Crippen molar-refractivity contribution in [1.82, 2.24) is 0 Å². The Hall–Kier alpha value is -1.83. The molecule has 2 rings (SSSR count). The lowest BCUT2D eigenvalue weighted by molar-refractivity contribution is 0.0900. The van der Waals surface area contributed by atoms with Gasteiger partial charge in [0.15, 0.2) is 5.78 Å². The van der Waals surface area contributed by atoms with Crippen molar-refractivity contribution < 1.29 is 9.53 Å². The van der Waals surface area contributed by atoms with Crippen molar-refractivity contribution in [3.05, 3.63) is 42.0 Å². The van der Waals surface area contributed by atoms with Crippen molar-refractivity contribution in [2.24, 2.45) is 11.8 Å². The molecule has 19 heavy (non-hydrogen) atoms. The Morgan fingerprint density at radius 1 is 1.00 bits per heavy atom. The fourth-order valence-corrected chi connectivity index (χ4v) is 2.07. The number of Topliss-reactive ketones (excluding diaryl/α,β-unsaturated/α-hetero) is 1. The molecule has 0 heterocycles. The van der Waals surface area contributed by atoms with Gasteiger partial charge in [0.25, 0.3) is 0 Å². The van der Waals surface area contributed by atoms with Crippen molar-refractivity contribution in [3.8, 4) is 5.75 Å². The SMILES string of the molecule is COc1ccc2cc(C(=O)C(C)C(C)C)ccc2c1. The number of hydrogen-bond acceptors (Lipinski definition) is 2. The van der Waals surface area contributed by atoms with Crippen LogP contribution in [0, 0.1) is 11.8 Å². The smallest absolute Gasteiger partial charge is 0.165 e. The van der Waals surface area contributed by atoms with Gasteiger partial charge in [0.2, 0.25) is 0 Å². The maximum Gasteiger partial charge on any atom is 0.165 e. The monoisotopic (exact) mass is 256 g/mol. The molecule has 0 aliphatic heterocycles. The van der Waals surface area contributed by atoms with Gasteiger partial charge in [-0.3, -0.25) is 4.79 Å². The van der Waals surface area contributed by atoms with Crippen LogP contribution in [-0.4, -0.2) is 12.9 Å². The minimum atomic E-state index is 0.0516. The second-order valence-electron chi connectivity index (χ2n) is 5.32. The van der Waals surface area contributed by atoms with E-state index in [-0.39, 0.29) is 11.7 Å². The van der Waals surface area contributed by atoms with Crippen LogP contribution in [-0.2, 0) is 0 Å². The van der Waals surface area contributed by atoms with Gasteiger partial charge in [-0.2, -0.15) is 0 Å². The zero-order valence-electron chi connectivity index (χ0n) is 11.9. The molecule has 1 atom stereocenters. The fraction of sp³-hybridized carbons (Fsp3) is 0.353. The maximum absolute atomic E-state index is 12.3. The van der Waals surface area contributed by atoms with Gasteiger partial charge >= 0.3 is 0 Å². The van der Waals surface area contributed by atoms with E-state index in [0.29, 0.717) is 5.92 Å². The lowest BCUT2D eigenvalue weighted by Gasteiger charge is -2.14. The van der Waals surface area contributed by atoms with Crippen LogP contribution in [0.3, 0.4) is 0 Å². The van der Waals surface area contributed by atoms with Gasteiger partial charge < -0.3 is 4.74 Å². The summed E-state index contributed by atoms with van der Waals surface area (Å²) in [7, 11) is 1.66. The van der Waals surface area contributed by atoms with Crippen LogP contribution < -0.4 is 4.74 Å². The first kappa shape index (κ1) is 13.6. The molecule has 0 aliphatic carbocycles. The van der Waals surface area contributed by atoms with Crippen molar-refractivity contribution >= 4 is 16.6 Å². The summed E-state index contributed by atoms with van der Waals surface area (Å²) in [5.41, 5.74) is 0.791.